The van der Waals surface area contributed by atoms with E-state index in [9.17, 15) is 19.7 Å². The lowest BCUT2D eigenvalue weighted by Crippen LogP contribution is -2.45. The number of amides is 1. The van der Waals surface area contributed by atoms with Crippen LogP contribution in [0.4, 0.5) is 5.82 Å². The van der Waals surface area contributed by atoms with Crippen molar-refractivity contribution >= 4 is 11.7 Å². The summed E-state index contributed by atoms with van der Waals surface area (Å²) in [5, 5.41) is 16.7. The molecule has 1 aromatic carbocycles. The van der Waals surface area contributed by atoms with E-state index >= 15 is 0 Å². The summed E-state index contributed by atoms with van der Waals surface area (Å²) in [6.07, 6.45) is 0. The Balaban J connectivity index is 2.27. The quantitative estimate of drug-likeness (QED) is 0.642. The fraction of sp³-hybridized carbons (Fsp3) is 0.375. The summed E-state index contributed by atoms with van der Waals surface area (Å²) in [6.45, 7) is 3.67. The van der Waals surface area contributed by atoms with Crippen LogP contribution in [0.2, 0.25) is 0 Å². The van der Waals surface area contributed by atoms with Crippen LogP contribution in [-0.2, 0) is 4.79 Å². The third kappa shape index (κ3) is 2.67. The van der Waals surface area contributed by atoms with Gasteiger partial charge in [0.05, 0.1) is 18.6 Å². The normalized spacial score (nSPS) is 19.4. The number of nitrogens with zero attached hydrogens (tertiary/aromatic N) is 2. The van der Waals surface area contributed by atoms with Crippen molar-refractivity contribution in [3.05, 3.63) is 55.9 Å². The Morgan fingerprint density at radius 2 is 2.04 bits per heavy atom. The van der Waals surface area contributed by atoms with Crippen molar-refractivity contribution in [2.24, 2.45) is 0 Å². The van der Waals surface area contributed by atoms with Crippen LogP contribution in [-0.4, -0.2) is 33.8 Å². The molecule has 0 radical (unpaired) electrons. The van der Waals surface area contributed by atoms with Gasteiger partial charge in [0.1, 0.15) is 11.6 Å². The first-order valence-electron chi connectivity index (χ1n) is 7.77. The molecule has 1 aliphatic heterocycles. The smallest absolute Gasteiger partial charge is 0.301 e. The van der Waals surface area contributed by atoms with Gasteiger partial charge in [-0.1, -0.05) is 12.1 Å². The number of carbonyl (C=O) groups excluding carboxylic acids is 1. The van der Waals surface area contributed by atoms with Crippen molar-refractivity contribution < 1.29 is 14.5 Å². The molecule has 132 valence electrons. The van der Waals surface area contributed by atoms with Crippen LogP contribution in [0.15, 0.2) is 29.1 Å². The molecule has 0 aliphatic carbocycles. The second-order valence-electron chi connectivity index (χ2n) is 6.14. The highest BCUT2D eigenvalue weighted by atomic mass is 16.6. The van der Waals surface area contributed by atoms with E-state index in [2.05, 4.69) is 10.4 Å². The lowest BCUT2D eigenvalue weighted by molar-refractivity contribution is -0.509. The number of aromatic amines is 1. The van der Waals surface area contributed by atoms with Crippen molar-refractivity contribution in [1.82, 2.24) is 9.78 Å². The summed E-state index contributed by atoms with van der Waals surface area (Å²) < 4.78 is 6.68. The summed E-state index contributed by atoms with van der Waals surface area (Å²) in [4.78, 5) is 35.8. The highest BCUT2D eigenvalue weighted by Gasteiger charge is 2.48. The van der Waals surface area contributed by atoms with E-state index in [1.165, 1.54) is 11.8 Å². The molecule has 0 unspecified atom stereocenters. The molecule has 9 nitrogen and oxygen atoms in total. The van der Waals surface area contributed by atoms with Crippen molar-refractivity contribution in [1.29, 1.82) is 0 Å². The van der Waals surface area contributed by atoms with Crippen LogP contribution in [0.3, 0.4) is 0 Å². The number of anilines is 1. The zero-order chi connectivity index (χ0) is 18.3. The molecule has 0 fully saturated rings. The molecule has 3 rings (SSSR count). The van der Waals surface area contributed by atoms with E-state index < -0.39 is 28.3 Å². The number of hydrogen-bond acceptors (Lipinski definition) is 5. The third-order valence-corrected chi connectivity index (χ3v) is 4.30. The number of fused-ring (bicyclic) bond motifs is 1. The monoisotopic (exact) mass is 346 g/mol. The van der Waals surface area contributed by atoms with Crippen LogP contribution in [0.25, 0.3) is 0 Å². The van der Waals surface area contributed by atoms with E-state index in [-0.39, 0.29) is 17.4 Å². The lowest BCUT2D eigenvalue weighted by Gasteiger charge is -2.26. The maximum atomic E-state index is 12.5. The Kier molecular flexibility index (Phi) is 4.07. The van der Waals surface area contributed by atoms with Gasteiger partial charge < -0.3 is 10.1 Å². The molecular formula is C16H18N4O5. The van der Waals surface area contributed by atoms with Crippen LogP contribution < -0.4 is 15.6 Å². The number of rotatable bonds is 4. The maximum Gasteiger partial charge on any atom is 0.301 e. The predicted molar refractivity (Wildman–Crippen MR) is 89.7 cm³/mol. The molecular weight excluding hydrogens is 328 g/mol. The highest BCUT2D eigenvalue weighted by molar-refractivity contribution is 5.97. The van der Waals surface area contributed by atoms with Gasteiger partial charge in [-0.25, -0.2) is 0 Å². The van der Waals surface area contributed by atoms with Gasteiger partial charge in [-0.3, -0.25) is 29.5 Å². The fourth-order valence-corrected chi connectivity index (χ4v) is 3.17. The molecule has 1 aliphatic rings. The highest BCUT2D eigenvalue weighted by Crippen LogP contribution is 2.38. The second-order valence-corrected chi connectivity index (χ2v) is 6.14. The Labute approximate surface area is 142 Å². The Morgan fingerprint density at radius 1 is 1.32 bits per heavy atom. The van der Waals surface area contributed by atoms with Crippen molar-refractivity contribution in [3.63, 3.8) is 0 Å². The predicted octanol–water partition coefficient (Wildman–Crippen LogP) is 1.50. The molecule has 9 heteroatoms. The van der Waals surface area contributed by atoms with E-state index in [0.717, 1.165) is 0 Å². The fourth-order valence-electron chi connectivity index (χ4n) is 3.17. The molecule has 0 saturated carbocycles. The van der Waals surface area contributed by atoms with E-state index in [0.29, 0.717) is 11.3 Å². The van der Waals surface area contributed by atoms with Gasteiger partial charge in [-0.15, -0.1) is 0 Å². The standard InChI is InChI=1S/C16H18N4O5/c1-8(2)19-14-12(15(21)18-19)11(13(20(23)24)16(22)17-14)9-5-4-6-10(7-9)25-3/h4-8,11,13H,1-3H3,(H,17,22)(H,18,21)/t11-,13-/m0/s1. The Bertz CT molecular complexity index is 898. The number of methoxy groups -OCH3 is 1. The minimum atomic E-state index is -1.59. The summed E-state index contributed by atoms with van der Waals surface area (Å²) in [7, 11) is 1.48. The SMILES string of the molecule is COc1cccc([C@H]2c3c(n(C(C)C)[nH]c3=O)NC(=O)[C@H]2[N+](=O)[O-])c1. The number of carbonyl (C=O) groups is 1. The third-order valence-electron chi connectivity index (χ3n) is 4.30. The van der Waals surface area contributed by atoms with E-state index in [1.54, 1.807) is 24.3 Å². The molecule has 2 atom stereocenters. The van der Waals surface area contributed by atoms with Crippen molar-refractivity contribution in [3.8, 4) is 5.75 Å². The minimum Gasteiger partial charge on any atom is -0.497 e. The minimum absolute atomic E-state index is 0.130. The molecule has 1 aromatic heterocycles. The number of ether oxygens (including phenoxy) is 1. The van der Waals surface area contributed by atoms with E-state index in [4.69, 9.17) is 4.74 Å². The number of nitro groups is 1. The molecule has 0 saturated heterocycles. The van der Waals surface area contributed by atoms with Crippen LogP contribution in [0.5, 0.6) is 5.75 Å². The van der Waals surface area contributed by atoms with Crippen LogP contribution in [0, 0.1) is 10.1 Å². The van der Waals surface area contributed by atoms with Crippen molar-refractivity contribution in [2.45, 2.75) is 31.8 Å². The van der Waals surface area contributed by atoms with Gasteiger partial charge in [-0.2, -0.15) is 0 Å². The molecule has 25 heavy (non-hydrogen) atoms. The largest absolute Gasteiger partial charge is 0.497 e. The van der Waals surface area contributed by atoms with Gasteiger partial charge in [-0.05, 0) is 31.5 Å². The molecule has 1 amide bonds. The average Bonchev–Trinajstić information content (AvgIpc) is 2.90. The summed E-state index contributed by atoms with van der Waals surface area (Å²) in [5.74, 6) is -0.987. The van der Waals surface area contributed by atoms with Gasteiger partial charge in [0.2, 0.25) is 0 Å². The van der Waals surface area contributed by atoms with Gasteiger partial charge in [0.15, 0.2) is 0 Å². The number of hydrogen-bond donors (Lipinski definition) is 2. The zero-order valence-corrected chi connectivity index (χ0v) is 14.0. The van der Waals surface area contributed by atoms with Gasteiger partial charge in [0, 0.05) is 11.0 Å². The first kappa shape index (κ1) is 16.7. The molecule has 0 spiro atoms. The summed E-state index contributed by atoms with van der Waals surface area (Å²) in [5.41, 5.74) is 0.204. The molecule has 2 aromatic rings. The number of benzene rings is 1. The molecule has 2 N–H and O–H groups in total. The van der Waals surface area contributed by atoms with Gasteiger partial charge in [0.25, 0.3) is 5.56 Å². The average molecular weight is 346 g/mol. The summed E-state index contributed by atoms with van der Waals surface area (Å²) in [6, 6.07) is 4.90. The van der Waals surface area contributed by atoms with Crippen LogP contribution in [0.1, 0.15) is 36.9 Å². The first-order chi connectivity index (χ1) is 11.8. The Morgan fingerprint density at radius 3 is 2.64 bits per heavy atom. The van der Waals surface area contributed by atoms with Gasteiger partial charge >= 0.3 is 11.9 Å². The Hall–Kier alpha value is -3.10. The van der Waals surface area contributed by atoms with Crippen LogP contribution >= 0.6 is 0 Å². The maximum absolute atomic E-state index is 12.5. The number of H-pyrrole nitrogens is 1. The number of aromatic nitrogens is 2. The lowest BCUT2D eigenvalue weighted by atomic mass is 9.83. The molecule has 2 heterocycles. The summed E-state index contributed by atoms with van der Waals surface area (Å²) >= 11 is 0. The van der Waals surface area contributed by atoms with Crippen molar-refractivity contribution in [2.75, 3.05) is 12.4 Å². The zero-order valence-electron chi connectivity index (χ0n) is 14.0. The number of nitrogens with one attached hydrogen (secondary N) is 2. The second kappa shape index (κ2) is 6.08. The topological polar surface area (TPSA) is 119 Å². The first-order valence-corrected chi connectivity index (χ1v) is 7.77. The van der Waals surface area contributed by atoms with E-state index in [1.807, 2.05) is 13.8 Å². The molecule has 0 bridgehead atoms.